The van der Waals surface area contributed by atoms with Crippen LogP contribution in [0.5, 0.6) is 5.75 Å². The van der Waals surface area contributed by atoms with Crippen LogP contribution < -0.4 is 15.8 Å². The van der Waals surface area contributed by atoms with Gasteiger partial charge in [-0.25, -0.2) is 4.68 Å². The molecule has 29 heavy (non-hydrogen) atoms. The van der Waals surface area contributed by atoms with Gasteiger partial charge >= 0.3 is 0 Å². The van der Waals surface area contributed by atoms with Crippen molar-refractivity contribution in [3.8, 4) is 22.7 Å². The first kappa shape index (κ1) is 20.9. The monoisotopic (exact) mass is 412 g/mol. The smallest absolute Gasteiger partial charge is 0.255 e. The van der Waals surface area contributed by atoms with E-state index in [-0.39, 0.29) is 24.4 Å². The highest BCUT2D eigenvalue weighted by Gasteiger charge is 2.29. The van der Waals surface area contributed by atoms with Crippen molar-refractivity contribution < 1.29 is 9.53 Å². The molecule has 0 aliphatic heterocycles. The van der Waals surface area contributed by atoms with E-state index in [4.69, 9.17) is 10.5 Å². The molecule has 1 amide bonds. The third-order valence-corrected chi connectivity index (χ3v) is 5.07. The number of benzene rings is 2. The van der Waals surface area contributed by atoms with Gasteiger partial charge in [0.15, 0.2) is 0 Å². The molecule has 1 atom stereocenters. The van der Waals surface area contributed by atoms with Crippen molar-refractivity contribution in [3.05, 3.63) is 66.4 Å². The lowest BCUT2D eigenvalue weighted by molar-refractivity contribution is 0.0951. The molecule has 0 saturated heterocycles. The van der Waals surface area contributed by atoms with E-state index < -0.39 is 0 Å². The zero-order valence-electron chi connectivity index (χ0n) is 16.2. The van der Waals surface area contributed by atoms with Gasteiger partial charge in [0, 0.05) is 24.3 Å². The standard InChI is InChI=1S/C22H24N4O2.ClH/c1-28-18-11-9-16(10-12-18)21-19(22(27)24-13-20(23)15-7-8-15)14-26(25-21)17-5-3-2-4-6-17;/h2-6,9-12,14-15,20H,7-8,13,23H2,1H3,(H,24,27);1H. The van der Waals surface area contributed by atoms with E-state index in [1.807, 2.05) is 54.6 Å². The van der Waals surface area contributed by atoms with Gasteiger partial charge in [-0.15, -0.1) is 12.4 Å². The fraction of sp³-hybridized carbons (Fsp3) is 0.273. The van der Waals surface area contributed by atoms with Crippen LogP contribution in [0.3, 0.4) is 0 Å². The van der Waals surface area contributed by atoms with E-state index >= 15 is 0 Å². The largest absolute Gasteiger partial charge is 0.497 e. The summed E-state index contributed by atoms with van der Waals surface area (Å²) in [7, 11) is 1.63. The van der Waals surface area contributed by atoms with Gasteiger partial charge in [0.05, 0.1) is 18.4 Å². The Labute approximate surface area is 176 Å². The van der Waals surface area contributed by atoms with Gasteiger partial charge in [0.1, 0.15) is 11.4 Å². The number of para-hydroxylation sites is 1. The van der Waals surface area contributed by atoms with Gasteiger partial charge in [-0.05, 0) is 55.2 Å². The second-order valence-electron chi connectivity index (χ2n) is 7.11. The molecule has 0 radical (unpaired) electrons. The highest BCUT2D eigenvalue weighted by atomic mass is 35.5. The van der Waals surface area contributed by atoms with Crippen LogP contribution in [0.4, 0.5) is 0 Å². The number of nitrogens with two attached hydrogens (primary N) is 1. The third kappa shape index (κ3) is 4.78. The Morgan fingerprint density at radius 1 is 1.21 bits per heavy atom. The predicted octanol–water partition coefficient (Wildman–Crippen LogP) is 3.44. The summed E-state index contributed by atoms with van der Waals surface area (Å²) in [4.78, 5) is 12.9. The SMILES string of the molecule is COc1ccc(-c2nn(-c3ccccc3)cc2C(=O)NCC(N)C2CC2)cc1.Cl. The van der Waals surface area contributed by atoms with Crippen LogP contribution in [0.15, 0.2) is 60.8 Å². The van der Waals surface area contributed by atoms with Gasteiger partial charge in [-0.1, -0.05) is 18.2 Å². The molecule has 3 N–H and O–H groups in total. The number of nitrogens with zero attached hydrogens (tertiary/aromatic N) is 2. The number of carbonyl (C=O) groups is 1. The van der Waals surface area contributed by atoms with Crippen LogP contribution in [0.1, 0.15) is 23.2 Å². The molecule has 4 rings (SSSR count). The number of methoxy groups -OCH3 is 1. The van der Waals surface area contributed by atoms with Crippen LogP contribution in [0, 0.1) is 5.92 Å². The van der Waals surface area contributed by atoms with E-state index in [2.05, 4.69) is 10.4 Å². The van der Waals surface area contributed by atoms with Gasteiger partial charge in [0.25, 0.3) is 5.91 Å². The molecular weight excluding hydrogens is 388 g/mol. The fourth-order valence-electron chi connectivity index (χ4n) is 3.21. The molecule has 1 aliphatic carbocycles. The highest BCUT2D eigenvalue weighted by molar-refractivity contribution is 6.00. The first-order valence-electron chi connectivity index (χ1n) is 9.49. The van der Waals surface area contributed by atoms with Crippen molar-refractivity contribution >= 4 is 18.3 Å². The van der Waals surface area contributed by atoms with Crippen molar-refractivity contribution in [2.45, 2.75) is 18.9 Å². The van der Waals surface area contributed by atoms with E-state index in [1.54, 1.807) is 18.0 Å². The lowest BCUT2D eigenvalue weighted by Crippen LogP contribution is -2.38. The average Bonchev–Trinajstić information content (AvgIpc) is 3.51. The van der Waals surface area contributed by atoms with E-state index in [9.17, 15) is 4.79 Å². The minimum atomic E-state index is -0.163. The molecule has 0 bridgehead atoms. The second kappa shape index (κ2) is 9.11. The molecule has 2 aromatic carbocycles. The lowest BCUT2D eigenvalue weighted by atomic mass is 10.1. The molecule has 1 aromatic heterocycles. The summed E-state index contributed by atoms with van der Waals surface area (Å²) in [5, 5.41) is 7.66. The van der Waals surface area contributed by atoms with Gasteiger partial charge in [0.2, 0.25) is 0 Å². The Balaban J connectivity index is 0.00000240. The van der Waals surface area contributed by atoms with Crippen molar-refractivity contribution in [1.29, 1.82) is 0 Å². The number of hydrogen-bond donors (Lipinski definition) is 2. The first-order valence-corrected chi connectivity index (χ1v) is 9.49. The molecule has 1 unspecified atom stereocenters. The second-order valence-corrected chi connectivity index (χ2v) is 7.11. The fourth-order valence-corrected chi connectivity index (χ4v) is 3.21. The summed E-state index contributed by atoms with van der Waals surface area (Å²) in [6.45, 7) is 0.474. The maximum Gasteiger partial charge on any atom is 0.255 e. The summed E-state index contributed by atoms with van der Waals surface area (Å²) in [5.74, 6) is 1.13. The highest BCUT2D eigenvalue weighted by Crippen LogP contribution is 2.31. The molecule has 1 heterocycles. The number of nitrogens with one attached hydrogen (secondary N) is 1. The zero-order valence-corrected chi connectivity index (χ0v) is 17.1. The van der Waals surface area contributed by atoms with E-state index in [0.717, 1.165) is 29.8 Å². The zero-order chi connectivity index (χ0) is 19.5. The predicted molar refractivity (Wildman–Crippen MR) is 116 cm³/mol. The summed E-state index contributed by atoms with van der Waals surface area (Å²) >= 11 is 0. The lowest BCUT2D eigenvalue weighted by Gasteiger charge is -2.11. The van der Waals surface area contributed by atoms with Gasteiger partial charge in [-0.3, -0.25) is 4.79 Å². The van der Waals surface area contributed by atoms with E-state index in [1.165, 1.54) is 0 Å². The van der Waals surface area contributed by atoms with Crippen LogP contribution in [0.2, 0.25) is 0 Å². The summed E-state index contributed by atoms with van der Waals surface area (Å²) in [6.07, 6.45) is 4.08. The Hall–Kier alpha value is -2.83. The maximum atomic E-state index is 12.9. The molecule has 152 valence electrons. The Morgan fingerprint density at radius 2 is 1.90 bits per heavy atom. The minimum absolute atomic E-state index is 0. The molecular formula is C22H25ClN4O2. The molecule has 0 spiro atoms. The molecule has 7 heteroatoms. The van der Waals surface area contributed by atoms with Gasteiger partial charge in [-0.2, -0.15) is 5.10 Å². The molecule has 1 fully saturated rings. The maximum absolute atomic E-state index is 12.9. The molecule has 1 saturated carbocycles. The van der Waals surface area contributed by atoms with E-state index in [0.29, 0.717) is 23.7 Å². The average molecular weight is 413 g/mol. The quantitative estimate of drug-likeness (QED) is 0.622. The normalized spacial score (nSPS) is 14.0. The van der Waals surface area contributed by atoms with Crippen molar-refractivity contribution in [3.63, 3.8) is 0 Å². The number of carbonyl (C=O) groups excluding carboxylic acids is 1. The van der Waals surface area contributed by atoms with Crippen molar-refractivity contribution in [2.75, 3.05) is 13.7 Å². The number of amides is 1. The Kier molecular flexibility index (Phi) is 6.56. The summed E-state index contributed by atoms with van der Waals surface area (Å²) in [6, 6.07) is 17.3. The van der Waals surface area contributed by atoms with Crippen LogP contribution in [0.25, 0.3) is 16.9 Å². The number of hydrogen-bond acceptors (Lipinski definition) is 4. The summed E-state index contributed by atoms with van der Waals surface area (Å²) in [5.41, 5.74) is 9.04. The van der Waals surface area contributed by atoms with Crippen LogP contribution in [-0.4, -0.2) is 35.4 Å². The molecule has 3 aromatic rings. The molecule has 6 nitrogen and oxygen atoms in total. The number of rotatable bonds is 7. The Morgan fingerprint density at radius 3 is 2.52 bits per heavy atom. The number of halogens is 1. The molecule has 1 aliphatic rings. The van der Waals surface area contributed by atoms with Crippen LogP contribution in [-0.2, 0) is 0 Å². The van der Waals surface area contributed by atoms with Crippen LogP contribution >= 0.6 is 12.4 Å². The topological polar surface area (TPSA) is 82.2 Å². The number of aromatic nitrogens is 2. The number of ether oxygens (including phenoxy) is 1. The van der Waals surface area contributed by atoms with Gasteiger partial charge < -0.3 is 15.8 Å². The van der Waals surface area contributed by atoms with Crippen molar-refractivity contribution in [1.82, 2.24) is 15.1 Å². The summed E-state index contributed by atoms with van der Waals surface area (Å²) < 4.78 is 6.96. The van der Waals surface area contributed by atoms with Crippen molar-refractivity contribution in [2.24, 2.45) is 11.7 Å². The third-order valence-electron chi connectivity index (χ3n) is 5.07. The Bertz CT molecular complexity index is 953. The minimum Gasteiger partial charge on any atom is -0.497 e. The first-order chi connectivity index (χ1) is 13.7.